The van der Waals surface area contributed by atoms with Crippen LogP contribution in [0.1, 0.15) is 226 Å². The summed E-state index contributed by atoms with van der Waals surface area (Å²) in [7, 11) is 0. The monoisotopic (exact) mass is 980 g/mol. The van der Waals surface area contributed by atoms with Crippen LogP contribution in [0.4, 0.5) is 0 Å². The van der Waals surface area contributed by atoms with Crippen molar-refractivity contribution in [3.8, 4) is 0 Å². The van der Waals surface area contributed by atoms with Crippen molar-refractivity contribution in [2.75, 3.05) is 6.61 Å². The maximum absolute atomic E-state index is 13.2. The molecule has 0 bridgehead atoms. The standard InChI is InChI=1S/C65H105NO5/c1-4-7-10-13-16-19-22-25-28-31-32-34-37-40-43-46-49-52-55-58-65(70)71-61(56-53-50-47-44-41-38-35-33-29-26-23-20-17-14-11-8-5-2)59-64(69)66-62(60-67)63(68)57-54-51-48-45-42-39-36-30-27-24-21-18-15-12-9-6-3/h7-8,10-11,16-17,19-20,25-26,28-29,32,34-35,38,40,43-44,47,49,52-53,56,61-63,67-68H,4-6,9,12-15,18,21-24,27,30-31,33,36-37,39,41-42,45-46,48,50-51,54-55,57-60H2,1-3H3,(H,66,69)/b10-7-,11-8-,19-16-,20-17-,28-25-,29-26-,34-32-,38-35-,43-40-,47-44-,52-49-,56-53-. The number of carbonyl (C=O) groups excluding carboxylic acids is 2. The van der Waals surface area contributed by atoms with E-state index in [1.54, 1.807) is 6.08 Å². The molecule has 0 radical (unpaired) electrons. The van der Waals surface area contributed by atoms with Crippen LogP contribution in [-0.4, -0.2) is 46.9 Å². The average molecular weight is 981 g/mol. The van der Waals surface area contributed by atoms with Crippen LogP contribution in [0, 0.1) is 0 Å². The number of hydrogen-bond acceptors (Lipinski definition) is 5. The molecule has 0 aliphatic rings. The molecule has 3 N–H and O–H groups in total. The summed E-state index contributed by atoms with van der Waals surface area (Å²) in [5.74, 6) is -0.742. The first-order valence-corrected chi connectivity index (χ1v) is 28.6. The van der Waals surface area contributed by atoms with E-state index in [-0.39, 0.29) is 31.3 Å². The van der Waals surface area contributed by atoms with Crippen molar-refractivity contribution in [2.24, 2.45) is 0 Å². The number of aliphatic hydroxyl groups is 2. The van der Waals surface area contributed by atoms with Crippen LogP contribution in [0.3, 0.4) is 0 Å². The smallest absolute Gasteiger partial charge is 0.306 e. The molecule has 6 nitrogen and oxygen atoms in total. The summed E-state index contributed by atoms with van der Waals surface area (Å²) in [6, 6.07) is -0.770. The van der Waals surface area contributed by atoms with Gasteiger partial charge in [0.25, 0.3) is 0 Å². The summed E-state index contributed by atoms with van der Waals surface area (Å²) in [5, 5.41) is 23.8. The number of carbonyl (C=O) groups is 2. The molecular formula is C65H105NO5. The Bertz CT molecular complexity index is 1570. The van der Waals surface area contributed by atoms with Gasteiger partial charge >= 0.3 is 5.97 Å². The molecule has 400 valence electrons. The van der Waals surface area contributed by atoms with Gasteiger partial charge in [0.2, 0.25) is 5.91 Å². The van der Waals surface area contributed by atoms with Crippen LogP contribution in [0.25, 0.3) is 0 Å². The van der Waals surface area contributed by atoms with E-state index in [9.17, 15) is 19.8 Å². The summed E-state index contributed by atoms with van der Waals surface area (Å²) < 4.78 is 5.80. The molecule has 71 heavy (non-hydrogen) atoms. The minimum atomic E-state index is -0.844. The number of rotatable bonds is 49. The summed E-state index contributed by atoms with van der Waals surface area (Å²) in [6.45, 7) is 6.21. The van der Waals surface area contributed by atoms with Crippen LogP contribution in [-0.2, 0) is 14.3 Å². The van der Waals surface area contributed by atoms with Crippen molar-refractivity contribution < 1.29 is 24.5 Å². The Morgan fingerprint density at radius 3 is 1.11 bits per heavy atom. The van der Waals surface area contributed by atoms with E-state index in [1.807, 2.05) is 12.2 Å². The summed E-state index contributed by atoms with van der Waals surface area (Å²) in [4.78, 5) is 26.2. The molecule has 0 aromatic rings. The largest absolute Gasteiger partial charge is 0.458 e. The fourth-order valence-electron chi connectivity index (χ4n) is 7.69. The Hall–Kier alpha value is -4.26. The highest BCUT2D eigenvalue weighted by Gasteiger charge is 2.23. The zero-order valence-electron chi connectivity index (χ0n) is 45.5. The van der Waals surface area contributed by atoms with Gasteiger partial charge in [-0.15, -0.1) is 0 Å². The first kappa shape index (κ1) is 66.7. The van der Waals surface area contributed by atoms with Gasteiger partial charge < -0.3 is 20.3 Å². The van der Waals surface area contributed by atoms with E-state index in [2.05, 4.69) is 154 Å². The molecular weight excluding hydrogens is 875 g/mol. The first-order chi connectivity index (χ1) is 35.0. The van der Waals surface area contributed by atoms with Gasteiger partial charge in [-0.1, -0.05) is 263 Å². The Morgan fingerprint density at radius 1 is 0.437 bits per heavy atom. The van der Waals surface area contributed by atoms with Gasteiger partial charge in [0.05, 0.1) is 25.2 Å². The molecule has 0 aliphatic heterocycles. The fraction of sp³-hybridized carbons (Fsp3) is 0.600. The number of amides is 1. The van der Waals surface area contributed by atoms with Gasteiger partial charge in [0.15, 0.2) is 0 Å². The Labute approximate surface area is 436 Å². The molecule has 1 amide bonds. The molecule has 0 aliphatic carbocycles. The number of nitrogens with one attached hydrogen (secondary N) is 1. The third-order valence-electron chi connectivity index (χ3n) is 11.9. The molecule has 0 rings (SSSR count). The molecule has 0 aromatic heterocycles. The summed E-state index contributed by atoms with van der Waals surface area (Å²) in [5.41, 5.74) is 0. The number of unbranched alkanes of at least 4 members (excludes halogenated alkanes) is 15. The molecule has 0 spiro atoms. The van der Waals surface area contributed by atoms with E-state index in [0.29, 0.717) is 19.3 Å². The third kappa shape index (κ3) is 51.9. The average Bonchev–Trinajstić information content (AvgIpc) is 3.36. The molecule has 0 saturated carbocycles. The molecule has 3 unspecified atom stereocenters. The quantitative estimate of drug-likeness (QED) is 0.0321. The topological polar surface area (TPSA) is 95.9 Å². The fourth-order valence-corrected chi connectivity index (χ4v) is 7.69. The zero-order chi connectivity index (χ0) is 51.6. The number of hydrogen-bond donors (Lipinski definition) is 3. The van der Waals surface area contributed by atoms with Crippen molar-refractivity contribution in [1.82, 2.24) is 5.32 Å². The van der Waals surface area contributed by atoms with Crippen molar-refractivity contribution >= 4 is 11.9 Å². The molecule has 0 heterocycles. The Kier molecular flexibility index (Phi) is 53.3. The highest BCUT2D eigenvalue weighted by molar-refractivity contribution is 5.78. The predicted molar refractivity (Wildman–Crippen MR) is 309 cm³/mol. The van der Waals surface area contributed by atoms with Crippen molar-refractivity contribution in [3.05, 3.63) is 146 Å². The van der Waals surface area contributed by atoms with Crippen LogP contribution in [0.15, 0.2) is 146 Å². The number of aliphatic hydroxyl groups excluding tert-OH is 2. The molecule has 0 fully saturated rings. The second-order valence-electron chi connectivity index (χ2n) is 18.6. The van der Waals surface area contributed by atoms with Crippen LogP contribution in [0.2, 0.25) is 0 Å². The number of ether oxygens (including phenoxy) is 1. The SMILES string of the molecule is CC/C=C\C/C=C\C/C=C\C/C=C\C/C=C\C/C=C\CCC(=O)OC(/C=C\C/C=C\C/C=C\C/C=C\C/C=C\C/C=C\CC)CC(=O)NC(CO)C(O)CCCCCCCCCCCCCCCCCC. The highest BCUT2D eigenvalue weighted by atomic mass is 16.5. The van der Waals surface area contributed by atoms with Gasteiger partial charge in [-0.2, -0.15) is 0 Å². The second kappa shape index (κ2) is 56.7. The minimum absolute atomic E-state index is 0.0872. The normalized spacial score (nSPS) is 14.3. The predicted octanol–water partition coefficient (Wildman–Crippen LogP) is 18.0. The van der Waals surface area contributed by atoms with Gasteiger partial charge in [0, 0.05) is 6.42 Å². The third-order valence-corrected chi connectivity index (χ3v) is 11.9. The molecule has 6 heteroatoms. The lowest BCUT2D eigenvalue weighted by atomic mass is 10.0. The Balaban J connectivity index is 4.86. The van der Waals surface area contributed by atoms with E-state index in [0.717, 1.165) is 89.9 Å². The number of esters is 1. The summed E-state index contributed by atoms with van der Waals surface area (Å²) >= 11 is 0. The van der Waals surface area contributed by atoms with E-state index < -0.39 is 18.2 Å². The molecule has 0 aromatic carbocycles. The van der Waals surface area contributed by atoms with Crippen molar-refractivity contribution in [1.29, 1.82) is 0 Å². The van der Waals surface area contributed by atoms with Gasteiger partial charge in [-0.25, -0.2) is 0 Å². The summed E-state index contributed by atoms with van der Waals surface area (Å²) in [6.07, 6.45) is 82.3. The maximum Gasteiger partial charge on any atom is 0.306 e. The van der Waals surface area contributed by atoms with Gasteiger partial charge in [-0.3, -0.25) is 9.59 Å². The van der Waals surface area contributed by atoms with Crippen molar-refractivity contribution in [3.63, 3.8) is 0 Å². The lowest BCUT2D eigenvalue weighted by molar-refractivity contribution is -0.148. The van der Waals surface area contributed by atoms with Crippen LogP contribution < -0.4 is 5.32 Å². The first-order valence-electron chi connectivity index (χ1n) is 28.6. The lowest BCUT2D eigenvalue weighted by Crippen LogP contribution is -2.46. The van der Waals surface area contributed by atoms with Crippen molar-refractivity contribution in [2.45, 2.75) is 244 Å². The second-order valence-corrected chi connectivity index (χ2v) is 18.6. The van der Waals surface area contributed by atoms with E-state index in [4.69, 9.17) is 4.74 Å². The molecule has 3 atom stereocenters. The Morgan fingerprint density at radius 2 is 0.761 bits per heavy atom. The van der Waals surface area contributed by atoms with E-state index >= 15 is 0 Å². The van der Waals surface area contributed by atoms with Crippen LogP contribution >= 0.6 is 0 Å². The zero-order valence-corrected chi connectivity index (χ0v) is 45.5. The van der Waals surface area contributed by atoms with Crippen LogP contribution in [0.5, 0.6) is 0 Å². The minimum Gasteiger partial charge on any atom is -0.458 e. The van der Waals surface area contributed by atoms with Gasteiger partial charge in [0.1, 0.15) is 6.10 Å². The highest BCUT2D eigenvalue weighted by Crippen LogP contribution is 2.16. The van der Waals surface area contributed by atoms with E-state index in [1.165, 1.54) is 83.5 Å². The lowest BCUT2D eigenvalue weighted by Gasteiger charge is -2.23. The van der Waals surface area contributed by atoms with Gasteiger partial charge in [-0.05, 0) is 96.0 Å². The molecule has 0 saturated heterocycles. The number of allylic oxidation sites excluding steroid dienone is 23. The maximum atomic E-state index is 13.2.